The monoisotopic (exact) mass is 416 g/mol. The summed E-state index contributed by atoms with van der Waals surface area (Å²) in [5, 5.41) is 0. The van der Waals surface area contributed by atoms with Gasteiger partial charge in [0.2, 0.25) is 0 Å². The predicted molar refractivity (Wildman–Crippen MR) is 105 cm³/mol. The van der Waals surface area contributed by atoms with Crippen LogP contribution in [0.3, 0.4) is 0 Å². The minimum atomic E-state index is -5.68. The second kappa shape index (κ2) is 10.0. The van der Waals surface area contributed by atoms with E-state index in [0.29, 0.717) is 24.8 Å². The molecule has 0 N–H and O–H groups in total. The standard InChI is InChI=1S/C19H25F3O3S.C2H2/c1-3-15(4-2)8-7-9-17(25-26(23,24)19(20,21)22)16-10-13-18(14-16)11-5-6-12-18;1-2/h3-4,7,9H,1,5-6,8,10-14H2,2H3;1-2H/b9-7-,15-4+,17-16-;. The molecule has 2 fully saturated rings. The molecule has 2 rings (SSSR count). The Morgan fingerprint density at radius 2 is 1.86 bits per heavy atom. The number of halogens is 3. The van der Waals surface area contributed by atoms with Gasteiger partial charge in [0.15, 0.2) is 0 Å². The van der Waals surface area contributed by atoms with E-state index in [1.54, 1.807) is 12.2 Å². The van der Waals surface area contributed by atoms with Crippen LogP contribution in [0, 0.1) is 18.3 Å². The lowest BCUT2D eigenvalue weighted by molar-refractivity contribution is -0.0520. The Balaban J connectivity index is 0.00000190. The Morgan fingerprint density at radius 1 is 1.25 bits per heavy atom. The summed E-state index contributed by atoms with van der Waals surface area (Å²) < 4.78 is 65.8. The van der Waals surface area contributed by atoms with Crippen LogP contribution in [0.1, 0.15) is 58.3 Å². The van der Waals surface area contributed by atoms with Gasteiger partial charge in [0.1, 0.15) is 5.76 Å². The highest BCUT2D eigenvalue weighted by molar-refractivity contribution is 7.87. The van der Waals surface area contributed by atoms with Gasteiger partial charge in [-0.3, -0.25) is 0 Å². The van der Waals surface area contributed by atoms with E-state index in [0.717, 1.165) is 37.7 Å². The van der Waals surface area contributed by atoms with Crippen molar-refractivity contribution in [3.63, 3.8) is 0 Å². The van der Waals surface area contributed by atoms with Crippen molar-refractivity contribution < 1.29 is 25.8 Å². The number of rotatable bonds is 6. The molecule has 156 valence electrons. The summed E-state index contributed by atoms with van der Waals surface area (Å²) in [6.07, 6.45) is 21.3. The Morgan fingerprint density at radius 3 is 2.36 bits per heavy atom. The summed E-state index contributed by atoms with van der Waals surface area (Å²) in [6, 6.07) is 0. The number of allylic oxidation sites excluding steroid dienone is 6. The van der Waals surface area contributed by atoms with Crippen molar-refractivity contribution in [1.82, 2.24) is 0 Å². The highest BCUT2D eigenvalue weighted by Gasteiger charge is 2.49. The fraction of sp³-hybridized carbons (Fsp3) is 0.524. The minimum absolute atomic E-state index is 0.107. The lowest BCUT2D eigenvalue weighted by atomic mass is 9.84. The molecule has 2 aliphatic carbocycles. The van der Waals surface area contributed by atoms with E-state index < -0.39 is 15.6 Å². The quantitative estimate of drug-likeness (QED) is 0.171. The summed E-state index contributed by atoms with van der Waals surface area (Å²) in [4.78, 5) is 0. The van der Waals surface area contributed by atoms with Gasteiger partial charge in [-0.2, -0.15) is 21.6 Å². The van der Waals surface area contributed by atoms with Crippen molar-refractivity contribution in [3.05, 3.63) is 47.8 Å². The molecule has 2 aliphatic rings. The summed E-state index contributed by atoms with van der Waals surface area (Å²) in [7, 11) is -5.68. The Hall–Kier alpha value is -1.94. The van der Waals surface area contributed by atoms with Crippen molar-refractivity contribution in [1.29, 1.82) is 0 Å². The fourth-order valence-electron chi connectivity index (χ4n) is 3.80. The molecule has 0 aromatic rings. The first-order valence-corrected chi connectivity index (χ1v) is 10.5. The van der Waals surface area contributed by atoms with E-state index in [9.17, 15) is 21.6 Å². The zero-order chi connectivity index (χ0) is 21.4. The molecule has 0 radical (unpaired) electrons. The van der Waals surface area contributed by atoms with Crippen LogP contribution >= 0.6 is 0 Å². The van der Waals surface area contributed by atoms with Gasteiger partial charge in [0.05, 0.1) is 0 Å². The first-order valence-electron chi connectivity index (χ1n) is 9.13. The van der Waals surface area contributed by atoms with Crippen LogP contribution in [0.25, 0.3) is 0 Å². The fourth-order valence-corrected chi connectivity index (χ4v) is 4.30. The molecular weight excluding hydrogens is 389 g/mol. The van der Waals surface area contributed by atoms with E-state index in [2.05, 4.69) is 23.6 Å². The molecule has 0 heterocycles. The van der Waals surface area contributed by atoms with E-state index in [1.165, 1.54) is 6.08 Å². The number of hydrogen-bond donors (Lipinski definition) is 0. The summed E-state index contributed by atoms with van der Waals surface area (Å²) >= 11 is 0. The smallest absolute Gasteiger partial charge is 0.376 e. The lowest BCUT2D eigenvalue weighted by Gasteiger charge is -2.21. The molecule has 0 atom stereocenters. The largest absolute Gasteiger partial charge is 0.534 e. The molecular formula is C21H27F3O3S. The molecule has 0 amide bonds. The van der Waals surface area contributed by atoms with Crippen LogP contribution in [-0.2, 0) is 14.3 Å². The molecule has 0 aromatic carbocycles. The van der Waals surface area contributed by atoms with Crippen molar-refractivity contribution in [3.8, 4) is 12.8 Å². The van der Waals surface area contributed by atoms with Crippen molar-refractivity contribution in [2.75, 3.05) is 0 Å². The molecule has 1 spiro atoms. The maximum atomic E-state index is 12.8. The molecule has 2 saturated carbocycles. The van der Waals surface area contributed by atoms with Crippen LogP contribution in [0.4, 0.5) is 13.2 Å². The first-order chi connectivity index (χ1) is 13.1. The second-order valence-electron chi connectivity index (χ2n) is 7.01. The molecule has 0 bridgehead atoms. The number of hydrogen-bond acceptors (Lipinski definition) is 3. The van der Waals surface area contributed by atoms with Gasteiger partial charge in [0.25, 0.3) is 0 Å². The van der Waals surface area contributed by atoms with E-state index in [4.69, 9.17) is 0 Å². The molecule has 3 nitrogen and oxygen atoms in total. The highest BCUT2D eigenvalue weighted by atomic mass is 32.2. The lowest BCUT2D eigenvalue weighted by Crippen LogP contribution is -2.25. The van der Waals surface area contributed by atoms with E-state index in [-0.39, 0.29) is 11.2 Å². The zero-order valence-corrected chi connectivity index (χ0v) is 16.9. The maximum absolute atomic E-state index is 12.8. The third-order valence-electron chi connectivity index (χ3n) is 5.30. The van der Waals surface area contributed by atoms with Gasteiger partial charge < -0.3 is 4.18 Å². The molecule has 7 heteroatoms. The molecule has 0 saturated heterocycles. The SMILES string of the molecule is C#C.C=C/C(=C\C)C/C=C\C(OS(=O)(=O)C(F)(F)F)=C1/CCC2(CCCC2)C1. The van der Waals surface area contributed by atoms with Gasteiger partial charge in [0, 0.05) is 0 Å². The average molecular weight is 417 g/mol. The topological polar surface area (TPSA) is 43.4 Å². The third kappa shape index (κ3) is 6.03. The highest BCUT2D eigenvalue weighted by Crippen LogP contribution is 2.53. The first kappa shape index (κ1) is 24.1. The van der Waals surface area contributed by atoms with Gasteiger partial charge in [-0.05, 0) is 68.1 Å². The Kier molecular flexibility index (Phi) is 8.62. The van der Waals surface area contributed by atoms with Crippen molar-refractivity contribution in [2.45, 2.75) is 63.8 Å². The van der Waals surface area contributed by atoms with E-state index in [1.807, 2.05) is 13.0 Å². The van der Waals surface area contributed by atoms with Gasteiger partial charge in [-0.25, -0.2) is 0 Å². The van der Waals surface area contributed by atoms with Crippen molar-refractivity contribution in [2.24, 2.45) is 5.41 Å². The molecule has 0 aromatic heterocycles. The summed E-state index contributed by atoms with van der Waals surface area (Å²) in [5.41, 5.74) is -3.78. The van der Waals surface area contributed by atoms with Gasteiger partial charge in [-0.1, -0.05) is 37.6 Å². The normalized spacial score (nSPS) is 21.4. The zero-order valence-electron chi connectivity index (χ0n) is 16.1. The second-order valence-corrected chi connectivity index (χ2v) is 8.55. The van der Waals surface area contributed by atoms with Crippen LogP contribution in [0.5, 0.6) is 0 Å². The third-order valence-corrected chi connectivity index (χ3v) is 6.26. The maximum Gasteiger partial charge on any atom is 0.534 e. The average Bonchev–Trinajstić information content (AvgIpc) is 3.28. The van der Waals surface area contributed by atoms with Crippen LogP contribution in [-0.4, -0.2) is 13.9 Å². The van der Waals surface area contributed by atoms with E-state index >= 15 is 0 Å². The van der Waals surface area contributed by atoms with Gasteiger partial charge in [-0.15, -0.1) is 12.8 Å². The number of alkyl halides is 3. The van der Waals surface area contributed by atoms with Gasteiger partial charge >= 0.3 is 15.6 Å². The molecule has 0 aliphatic heterocycles. The van der Waals surface area contributed by atoms with Crippen molar-refractivity contribution >= 4 is 10.1 Å². The number of terminal acetylenes is 1. The Bertz CT molecular complexity index is 762. The molecule has 0 unspecified atom stereocenters. The predicted octanol–water partition coefficient (Wildman–Crippen LogP) is 6.18. The summed E-state index contributed by atoms with van der Waals surface area (Å²) in [6.45, 7) is 5.49. The molecule has 28 heavy (non-hydrogen) atoms. The summed E-state index contributed by atoms with van der Waals surface area (Å²) in [5.74, 6) is -0.175. The van der Waals surface area contributed by atoms with Crippen LogP contribution in [0.2, 0.25) is 0 Å². The van der Waals surface area contributed by atoms with Crippen LogP contribution in [0.15, 0.2) is 47.8 Å². The van der Waals surface area contributed by atoms with Crippen LogP contribution < -0.4 is 0 Å². The minimum Gasteiger partial charge on any atom is -0.376 e. The Labute approximate surface area is 166 Å².